The van der Waals surface area contributed by atoms with Crippen LogP contribution in [0, 0.1) is 0 Å². The van der Waals surface area contributed by atoms with Crippen molar-refractivity contribution in [3.8, 4) is 0 Å². The minimum absolute atomic E-state index is 0.196. The quantitative estimate of drug-likeness (QED) is 0.692. The molecule has 0 aliphatic carbocycles. The Labute approximate surface area is 123 Å². The van der Waals surface area contributed by atoms with Crippen LogP contribution in [0.15, 0.2) is 82.1 Å². The summed E-state index contributed by atoms with van der Waals surface area (Å²) in [5.41, 5.74) is 0.785. The standard InChI is InChI=1S/C17H13NO2S/c19-21(20,16-10-2-1-3-11-16)18-13-15-9-6-8-14-7-4-5-12-17(14)15/h1-13H. The van der Waals surface area contributed by atoms with E-state index in [4.69, 9.17) is 0 Å². The predicted molar refractivity (Wildman–Crippen MR) is 85.2 cm³/mol. The summed E-state index contributed by atoms with van der Waals surface area (Å²) in [7, 11) is -3.66. The zero-order chi connectivity index (χ0) is 14.7. The summed E-state index contributed by atoms with van der Waals surface area (Å²) in [6.45, 7) is 0. The minimum Gasteiger partial charge on any atom is -0.199 e. The molecule has 0 aliphatic heterocycles. The van der Waals surface area contributed by atoms with Crippen molar-refractivity contribution in [1.82, 2.24) is 0 Å². The van der Waals surface area contributed by atoms with Crippen molar-refractivity contribution in [2.24, 2.45) is 4.40 Å². The van der Waals surface area contributed by atoms with Gasteiger partial charge in [0.05, 0.1) is 4.90 Å². The van der Waals surface area contributed by atoms with E-state index in [1.807, 2.05) is 42.5 Å². The highest BCUT2D eigenvalue weighted by molar-refractivity contribution is 7.90. The van der Waals surface area contributed by atoms with Crippen LogP contribution in [0.2, 0.25) is 0 Å². The van der Waals surface area contributed by atoms with E-state index in [0.717, 1.165) is 16.3 Å². The van der Waals surface area contributed by atoms with Gasteiger partial charge in [-0.05, 0) is 22.9 Å². The SMILES string of the molecule is O=S(=O)(N=Cc1cccc2ccccc12)c1ccccc1. The van der Waals surface area contributed by atoms with Gasteiger partial charge in [0.1, 0.15) is 0 Å². The Balaban J connectivity index is 2.03. The van der Waals surface area contributed by atoms with Gasteiger partial charge in [-0.2, -0.15) is 12.8 Å². The van der Waals surface area contributed by atoms with Gasteiger partial charge >= 0.3 is 0 Å². The summed E-state index contributed by atoms with van der Waals surface area (Å²) in [6.07, 6.45) is 1.41. The molecule has 4 heteroatoms. The van der Waals surface area contributed by atoms with Crippen LogP contribution in [0.3, 0.4) is 0 Å². The first kappa shape index (κ1) is 13.5. The maximum Gasteiger partial charge on any atom is 0.282 e. The molecule has 0 saturated heterocycles. The topological polar surface area (TPSA) is 46.5 Å². The molecule has 0 N–H and O–H groups in total. The first-order valence-electron chi connectivity index (χ1n) is 6.50. The molecule has 0 bridgehead atoms. The van der Waals surface area contributed by atoms with Gasteiger partial charge in [-0.15, -0.1) is 0 Å². The molecule has 0 atom stereocenters. The molecule has 104 valence electrons. The Hall–Kier alpha value is -2.46. The highest BCUT2D eigenvalue weighted by Crippen LogP contribution is 2.18. The molecule has 3 nitrogen and oxygen atoms in total. The van der Waals surface area contributed by atoms with Crippen molar-refractivity contribution in [2.45, 2.75) is 4.90 Å². The van der Waals surface area contributed by atoms with E-state index < -0.39 is 10.0 Å². The van der Waals surface area contributed by atoms with Gasteiger partial charge in [-0.25, -0.2) is 0 Å². The molecule has 0 amide bonds. The second kappa shape index (κ2) is 5.50. The van der Waals surface area contributed by atoms with E-state index in [2.05, 4.69) is 4.40 Å². The number of nitrogens with zero attached hydrogens (tertiary/aromatic N) is 1. The van der Waals surface area contributed by atoms with Gasteiger partial charge in [-0.1, -0.05) is 60.7 Å². The van der Waals surface area contributed by atoms with Gasteiger partial charge in [0.2, 0.25) is 0 Å². The van der Waals surface area contributed by atoms with Gasteiger partial charge in [0, 0.05) is 11.8 Å². The monoisotopic (exact) mass is 295 g/mol. The number of rotatable bonds is 3. The average Bonchev–Trinajstić information content (AvgIpc) is 2.54. The molecule has 0 radical (unpaired) electrons. The third-order valence-electron chi connectivity index (χ3n) is 3.19. The maximum atomic E-state index is 12.1. The van der Waals surface area contributed by atoms with Gasteiger partial charge in [0.15, 0.2) is 0 Å². The van der Waals surface area contributed by atoms with Gasteiger partial charge in [-0.3, -0.25) is 0 Å². The lowest BCUT2D eigenvalue weighted by Gasteiger charge is -2.01. The van der Waals surface area contributed by atoms with Crippen LogP contribution in [0.4, 0.5) is 0 Å². The van der Waals surface area contributed by atoms with Crippen molar-refractivity contribution < 1.29 is 8.42 Å². The third kappa shape index (κ3) is 2.85. The number of hydrogen-bond donors (Lipinski definition) is 0. The normalized spacial score (nSPS) is 12.0. The van der Waals surface area contributed by atoms with E-state index in [9.17, 15) is 8.42 Å². The smallest absolute Gasteiger partial charge is 0.199 e. The first-order valence-corrected chi connectivity index (χ1v) is 7.94. The van der Waals surface area contributed by atoms with Crippen molar-refractivity contribution in [1.29, 1.82) is 0 Å². The summed E-state index contributed by atoms with van der Waals surface area (Å²) in [5, 5.41) is 2.03. The number of benzene rings is 3. The maximum absolute atomic E-state index is 12.1. The Bertz CT molecular complexity index is 895. The molecule has 0 unspecified atom stereocenters. The third-order valence-corrected chi connectivity index (χ3v) is 4.45. The van der Waals surface area contributed by atoms with E-state index >= 15 is 0 Å². The van der Waals surface area contributed by atoms with E-state index in [1.54, 1.807) is 18.2 Å². The van der Waals surface area contributed by atoms with Crippen LogP contribution in [0.25, 0.3) is 10.8 Å². The number of fused-ring (bicyclic) bond motifs is 1. The van der Waals surface area contributed by atoms with Crippen LogP contribution in [-0.4, -0.2) is 14.6 Å². The summed E-state index contributed by atoms with van der Waals surface area (Å²) < 4.78 is 28.1. The highest BCUT2D eigenvalue weighted by Gasteiger charge is 2.10. The van der Waals surface area contributed by atoms with Crippen molar-refractivity contribution >= 4 is 27.0 Å². The molecule has 0 aliphatic rings. The molecule has 0 spiro atoms. The lowest BCUT2D eigenvalue weighted by molar-refractivity contribution is 0.598. The number of sulfonamides is 1. The second-order valence-corrected chi connectivity index (χ2v) is 6.22. The van der Waals surface area contributed by atoms with Crippen LogP contribution in [-0.2, 0) is 10.0 Å². The first-order chi connectivity index (χ1) is 10.2. The van der Waals surface area contributed by atoms with Crippen molar-refractivity contribution in [2.75, 3.05) is 0 Å². The lowest BCUT2D eigenvalue weighted by Crippen LogP contribution is -1.97. The van der Waals surface area contributed by atoms with Crippen LogP contribution >= 0.6 is 0 Å². The van der Waals surface area contributed by atoms with Crippen LogP contribution in [0.5, 0.6) is 0 Å². The summed E-state index contributed by atoms with van der Waals surface area (Å²) in [5.74, 6) is 0. The molecule has 3 rings (SSSR count). The highest BCUT2D eigenvalue weighted by atomic mass is 32.2. The lowest BCUT2D eigenvalue weighted by atomic mass is 10.1. The fraction of sp³-hybridized carbons (Fsp3) is 0. The Kier molecular flexibility index (Phi) is 3.54. The molecule has 3 aromatic rings. The van der Waals surface area contributed by atoms with Crippen molar-refractivity contribution in [3.63, 3.8) is 0 Å². The minimum atomic E-state index is -3.66. The summed E-state index contributed by atoms with van der Waals surface area (Å²) in [4.78, 5) is 0.196. The van der Waals surface area contributed by atoms with Gasteiger partial charge < -0.3 is 0 Å². The van der Waals surface area contributed by atoms with E-state index in [0.29, 0.717) is 0 Å². The predicted octanol–water partition coefficient (Wildman–Crippen LogP) is 3.65. The van der Waals surface area contributed by atoms with Crippen molar-refractivity contribution in [3.05, 3.63) is 78.4 Å². The van der Waals surface area contributed by atoms with Gasteiger partial charge in [0.25, 0.3) is 10.0 Å². The second-order valence-electron chi connectivity index (χ2n) is 4.59. The fourth-order valence-electron chi connectivity index (χ4n) is 2.14. The Morgan fingerprint density at radius 3 is 2.24 bits per heavy atom. The van der Waals surface area contributed by atoms with E-state index in [1.165, 1.54) is 18.3 Å². The molecular formula is C17H13NO2S. The molecular weight excluding hydrogens is 282 g/mol. The summed E-state index contributed by atoms with van der Waals surface area (Å²) in [6, 6.07) is 21.7. The fourth-order valence-corrected chi connectivity index (χ4v) is 3.02. The zero-order valence-electron chi connectivity index (χ0n) is 11.2. The molecule has 0 saturated carbocycles. The Morgan fingerprint density at radius 2 is 1.43 bits per heavy atom. The van der Waals surface area contributed by atoms with E-state index in [-0.39, 0.29) is 4.90 Å². The molecule has 0 aromatic heterocycles. The largest absolute Gasteiger partial charge is 0.282 e. The number of hydrogen-bond acceptors (Lipinski definition) is 2. The van der Waals surface area contributed by atoms with Crippen LogP contribution < -0.4 is 0 Å². The molecule has 0 fully saturated rings. The molecule has 3 aromatic carbocycles. The van der Waals surface area contributed by atoms with Crippen LogP contribution in [0.1, 0.15) is 5.56 Å². The molecule has 21 heavy (non-hydrogen) atoms. The average molecular weight is 295 g/mol. The molecule has 0 heterocycles. The summed E-state index contributed by atoms with van der Waals surface area (Å²) >= 11 is 0. The zero-order valence-corrected chi connectivity index (χ0v) is 12.0. The Morgan fingerprint density at radius 1 is 0.762 bits per heavy atom.